The third-order valence-corrected chi connectivity index (χ3v) is 7.63. The second-order valence-electron chi connectivity index (χ2n) is 9.16. The van der Waals surface area contributed by atoms with Gasteiger partial charge in [0.05, 0.1) is 5.69 Å². The van der Waals surface area contributed by atoms with Gasteiger partial charge in [-0.3, -0.25) is 4.79 Å². The number of amides is 1. The molecule has 6 heteroatoms. The number of hydrogen-bond acceptors (Lipinski definition) is 5. The van der Waals surface area contributed by atoms with Crippen LogP contribution in [-0.4, -0.2) is 48.5 Å². The monoisotopic (exact) mass is 496 g/mol. The lowest BCUT2D eigenvalue weighted by molar-refractivity contribution is 0.0736. The Kier molecular flexibility index (Phi) is 7.74. The third kappa shape index (κ3) is 5.83. The Hall–Kier alpha value is -3.48. The fourth-order valence-corrected chi connectivity index (χ4v) is 5.51. The number of carbonyl (C=O) groups is 1. The SMILES string of the molecule is Cc1sc(N(CCc2ccccc2)Cc2ccc(C(=O)N3CCNCC3)cc2)nc1-c1ccccc1. The largest absolute Gasteiger partial charge is 0.343 e. The number of hydrogen-bond donors (Lipinski definition) is 1. The number of piperazine rings is 1. The van der Waals surface area contributed by atoms with Crippen LogP contribution in [0.25, 0.3) is 11.3 Å². The first-order valence-corrected chi connectivity index (χ1v) is 13.4. The summed E-state index contributed by atoms with van der Waals surface area (Å²) in [6.45, 7) is 7.01. The van der Waals surface area contributed by atoms with Gasteiger partial charge in [-0.15, -0.1) is 11.3 Å². The van der Waals surface area contributed by atoms with Crippen LogP contribution in [0, 0.1) is 6.92 Å². The van der Waals surface area contributed by atoms with Gasteiger partial charge in [0.1, 0.15) is 0 Å². The quantitative estimate of drug-likeness (QED) is 0.354. The number of benzene rings is 3. The Labute approximate surface area is 217 Å². The van der Waals surface area contributed by atoms with Crippen LogP contribution in [0.3, 0.4) is 0 Å². The van der Waals surface area contributed by atoms with Crippen molar-refractivity contribution >= 4 is 22.4 Å². The molecule has 36 heavy (non-hydrogen) atoms. The molecule has 1 aliphatic rings. The Morgan fingerprint density at radius 1 is 0.917 bits per heavy atom. The van der Waals surface area contributed by atoms with E-state index >= 15 is 0 Å². The topological polar surface area (TPSA) is 48.5 Å². The first-order chi connectivity index (χ1) is 17.7. The fraction of sp³-hybridized carbons (Fsp3) is 0.267. The molecule has 0 atom stereocenters. The molecule has 0 radical (unpaired) electrons. The summed E-state index contributed by atoms with van der Waals surface area (Å²) in [5.74, 6) is 0.118. The minimum atomic E-state index is 0.118. The summed E-state index contributed by atoms with van der Waals surface area (Å²) in [4.78, 5) is 23.5. The van der Waals surface area contributed by atoms with Crippen LogP contribution in [0.2, 0.25) is 0 Å². The average Bonchev–Trinajstić information content (AvgIpc) is 3.34. The molecule has 0 spiro atoms. The van der Waals surface area contributed by atoms with E-state index in [1.54, 1.807) is 11.3 Å². The first kappa shape index (κ1) is 24.2. The van der Waals surface area contributed by atoms with E-state index in [4.69, 9.17) is 4.98 Å². The normalized spacial score (nSPS) is 13.5. The van der Waals surface area contributed by atoms with Crippen molar-refractivity contribution in [1.82, 2.24) is 15.2 Å². The predicted octanol–water partition coefficient (Wildman–Crippen LogP) is 5.41. The Morgan fingerprint density at radius 3 is 2.28 bits per heavy atom. The van der Waals surface area contributed by atoms with Crippen LogP contribution in [0.5, 0.6) is 0 Å². The molecule has 0 bridgehead atoms. The van der Waals surface area contributed by atoms with Crippen molar-refractivity contribution in [2.45, 2.75) is 19.9 Å². The summed E-state index contributed by atoms with van der Waals surface area (Å²) in [5.41, 5.74) is 5.45. The van der Waals surface area contributed by atoms with Crippen molar-refractivity contribution in [2.24, 2.45) is 0 Å². The summed E-state index contributed by atoms with van der Waals surface area (Å²) in [7, 11) is 0. The molecule has 0 saturated carbocycles. The molecule has 184 valence electrons. The number of nitrogens with one attached hydrogen (secondary N) is 1. The van der Waals surface area contributed by atoms with Crippen LogP contribution >= 0.6 is 11.3 Å². The molecule has 1 aromatic heterocycles. The maximum Gasteiger partial charge on any atom is 0.253 e. The number of aryl methyl sites for hydroxylation is 1. The first-order valence-electron chi connectivity index (χ1n) is 12.6. The minimum Gasteiger partial charge on any atom is -0.343 e. The Bertz CT molecular complexity index is 1270. The van der Waals surface area contributed by atoms with Gasteiger partial charge < -0.3 is 15.1 Å². The van der Waals surface area contributed by atoms with Gasteiger partial charge in [0.15, 0.2) is 5.13 Å². The van der Waals surface area contributed by atoms with Crippen LogP contribution < -0.4 is 10.2 Å². The molecule has 1 saturated heterocycles. The van der Waals surface area contributed by atoms with E-state index in [-0.39, 0.29) is 5.91 Å². The van der Waals surface area contributed by atoms with Crippen molar-refractivity contribution in [2.75, 3.05) is 37.6 Å². The van der Waals surface area contributed by atoms with Crippen molar-refractivity contribution in [3.05, 3.63) is 106 Å². The highest BCUT2D eigenvalue weighted by molar-refractivity contribution is 7.16. The highest BCUT2D eigenvalue weighted by Gasteiger charge is 2.19. The summed E-state index contributed by atoms with van der Waals surface area (Å²) < 4.78 is 0. The number of rotatable bonds is 8. The second kappa shape index (κ2) is 11.5. The van der Waals surface area contributed by atoms with Gasteiger partial charge in [-0.25, -0.2) is 4.98 Å². The molecule has 2 heterocycles. The summed E-state index contributed by atoms with van der Waals surface area (Å²) in [5, 5.41) is 4.33. The standard InChI is InChI=1S/C30H32N4OS/c1-23-28(26-10-6-3-7-11-26)32-30(36-23)34(19-16-24-8-4-2-5-9-24)22-25-12-14-27(15-13-25)29(35)33-20-17-31-18-21-33/h2-15,31H,16-22H2,1H3. The average molecular weight is 497 g/mol. The van der Waals surface area contributed by atoms with E-state index in [1.807, 2.05) is 23.1 Å². The van der Waals surface area contributed by atoms with E-state index in [1.165, 1.54) is 16.0 Å². The van der Waals surface area contributed by atoms with Crippen molar-refractivity contribution in [1.29, 1.82) is 0 Å². The molecule has 4 aromatic rings. The van der Waals surface area contributed by atoms with Crippen molar-refractivity contribution in [3.8, 4) is 11.3 Å². The molecule has 3 aromatic carbocycles. The van der Waals surface area contributed by atoms with Gasteiger partial charge in [0.25, 0.3) is 5.91 Å². The summed E-state index contributed by atoms with van der Waals surface area (Å²) >= 11 is 1.75. The lowest BCUT2D eigenvalue weighted by Gasteiger charge is -2.27. The zero-order chi connectivity index (χ0) is 24.7. The van der Waals surface area contributed by atoms with E-state index in [0.717, 1.165) is 67.6 Å². The molecular weight excluding hydrogens is 464 g/mol. The third-order valence-electron chi connectivity index (χ3n) is 6.59. The van der Waals surface area contributed by atoms with Gasteiger partial charge in [0.2, 0.25) is 0 Å². The van der Waals surface area contributed by atoms with Gasteiger partial charge in [-0.1, -0.05) is 72.8 Å². The van der Waals surface area contributed by atoms with Crippen molar-refractivity contribution in [3.63, 3.8) is 0 Å². The molecular formula is C30H32N4OS. The van der Waals surface area contributed by atoms with Crippen LogP contribution in [-0.2, 0) is 13.0 Å². The number of aromatic nitrogens is 1. The van der Waals surface area contributed by atoms with Gasteiger partial charge in [0, 0.05) is 55.3 Å². The molecule has 0 aliphatic carbocycles. The van der Waals surface area contributed by atoms with Crippen molar-refractivity contribution < 1.29 is 4.79 Å². The van der Waals surface area contributed by atoms with Gasteiger partial charge in [-0.05, 0) is 36.6 Å². The van der Waals surface area contributed by atoms with Gasteiger partial charge >= 0.3 is 0 Å². The smallest absolute Gasteiger partial charge is 0.253 e. The number of nitrogens with zero attached hydrogens (tertiary/aromatic N) is 3. The van der Waals surface area contributed by atoms with E-state index in [2.05, 4.69) is 83.9 Å². The van der Waals surface area contributed by atoms with Crippen LogP contribution in [0.1, 0.15) is 26.4 Å². The van der Waals surface area contributed by atoms with Crippen LogP contribution in [0.4, 0.5) is 5.13 Å². The molecule has 1 N–H and O–H groups in total. The second-order valence-corrected chi connectivity index (χ2v) is 10.3. The number of carbonyl (C=O) groups excluding carboxylic acids is 1. The fourth-order valence-electron chi connectivity index (χ4n) is 4.56. The number of thiazole rings is 1. The number of anilines is 1. The molecule has 5 rings (SSSR count). The zero-order valence-electron chi connectivity index (χ0n) is 20.7. The lowest BCUT2D eigenvalue weighted by atomic mass is 10.1. The minimum absolute atomic E-state index is 0.118. The molecule has 0 unspecified atom stereocenters. The molecule has 5 nitrogen and oxygen atoms in total. The van der Waals surface area contributed by atoms with Gasteiger partial charge in [-0.2, -0.15) is 0 Å². The highest BCUT2D eigenvalue weighted by atomic mass is 32.1. The summed E-state index contributed by atoms with van der Waals surface area (Å²) in [6.07, 6.45) is 0.944. The predicted molar refractivity (Wildman–Crippen MR) is 149 cm³/mol. The molecule has 1 amide bonds. The van der Waals surface area contributed by atoms with Crippen LogP contribution in [0.15, 0.2) is 84.9 Å². The van der Waals surface area contributed by atoms with E-state index in [9.17, 15) is 4.79 Å². The Morgan fingerprint density at radius 2 is 1.58 bits per heavy atom. The lowest BCUT2D eigenvalue weighted by Crippen LogP contribution is -2.46. The molecule has 1 aliphatic heterocycles. The van der Waals surface area contributed by atoms with E-state index < -0.39 is 0 Å². The zero-order valence-corrected chi connectivity index (χ0v) is 21.5. The maximum atomic E-state index is 12.9. The summed E-state index contributed by atoms with van der Waals surface area (Å²) in [6, 6.07) is 29.1. The van der Waals surface area contributed by atoms with E-state index in [0.29, 0.717) is 0 Å². The Balaban J connectivity index is 1.36. The molecule has 1 fully saturated rings. The maximum absolute atomic E-state index is 12.9. The highest BCUT2D eigenvalue weighted by Crippen LogP contribution is 2.33.